The first-order valence-electron chi connectivity index (χ1n) is 11.0. The molecule has 0 aliphatic heterocycles. The number of nitrogens with zero attached hydrogens (tertiary/aromatic N) is 1. The first-order valence-corrected chi connectivity index (χ1v) is 13.5. The van der Waals surface area contributed by atoms with E-state index >= 15 is 0 Å². The van der Waals surface area contributed by atoms with E-state index in [4.69, 9.17) is 11.6 Å². The van der Waals surface area contributed by atoms with Gasteiger partial charge in [-0.15, -0.1) is 0 Å². The quantitative estimate of drug-likeness (QED) is 0.217. The van der Waals surface area contributed by atoms with Gasteiger partial charge >= 0.3 is 0 Å². The average molecular weight is 538 g/mol. The van der Waals surface area contributed by atoms with Crippen molar-refractivity contribution in [2.24, 2.45) is 0 Å². The van der Waals surface area contributed by atoms with E-state index in [0.29, 0.717) is 12.2 Å². The van der Waals surface area contributed by atoms with Gasteiger partial charge in [0.25, 0.3) is 0 Å². The summed E-state index contributed by atoms with van der Waals surface area (Å²) in [7, 11) is -1.71. The predicted molar refractivity (Wildman–Crippen MR) is 137 cm³/mol. The highest BCUT2D eigenvalue weighted by atomic mass is 35.5. The maximum atomic E-state index is 14.5. The summed E-state index contributed by atoms with van der Waals surface area (Å²) in [5.74, 6) is -0.734. The Morgan fingerprint density at radius 2 is 1.79 bits per heavy atom. The predicted octanol–water partition coefficient (Wildman–Crippen LogP) is 4.17. The number of unbranched alkanes of at least 4 members (excludes halogenated alkanes) is 1. The lowest BCUT2D eigenvalue weighted by atomic mass is 10.0. The number of hydrogen-bond donors (Lipinski definition) is 5. The fourth-order valence-corrected chi connectivity index (χ4v) is 4.73. The fraction of sp³-hybridized carbons (Fsp3) is 0.591. The first kappa shape index (κ1) is 28.9. The molecule has 0 saturated heterocycles. The molecule has 5 N–H and O–H groups in total. The molecule has 2 aromatic rings. The van der Waals surface area contributed by atoms with Crippen LogP contribution in [0.2, 0.25) is 5.02 Å². The Kier molecular flexibility index (Phi) is 11.1. The van der Waals surface area contributed by atoms with E-state index in [1.807, 2.05) is 13.8 Å². The monoisotopic (exact) mass is 537 g/mol. The number of benzene rings is 1. The Balaban J connectivity index is 1.74. The van der Waals surface area contributed by atoms with Crippen molar-refractivity contribution in [3.8, 4) is 0 Å². The fourth-order valence-electron chi connectivity index (χ4n) is 2.86. The van der Waals surface area contributed by atoms with Gasteiger partial charge in [0.1, 0.15) is 5.82 Å². The molecule has 192 valence electrons. The van der Waals surface area contributed by atoms with E-state index in [1.54, 1.807) is 0 Å². The van der Waals surface area contributed by atoms with Gasteiger partial charge in [0.15, 0.2) is 10.3 Å². The van der Waals surface area contributed by atoms with Crippen molar-refractivity contribution in [3.63, 3.8) is 0 Å². The Hall–Kier alpha value is -1.37. The summed E-state index contributed by atoms with van der Waals surface area (Å²) in [4.78, 5) is 3.75. The normalized spacial score (nSPS) is 13.2. The van der Waals surface area contributed by atoms with E-state index in [0.717, 1.165) is 43.5 Å². The topological polar surface area (TPSA) is 98.3 Å². The smallest absolute Gasteiger partial charge is 0.198 e. The van der Waals surface area contributed by atoms with Crippen LogP contribution in [0.3, 0.4) is 0 Å². The highest BCUT2D eigenvalue weighted by Gasteiger charge is 2.22. The second-order valence-electron chi connectivity index (χ2n) is 9.24. The zero-order chi connectivity index (χ0) is 25.4. The molecule has 0 spiro atoms. The number of hydrogen-bond acceptors (Lipinski definition) is 8. The van der Waals surface area contributed by atoms with E-state index in [-0.39, 0.29) is 38.6 Å². The van der Waals surface area contributed by atoms with Gasteiger partial charge in [0, 0.05) is 24.2 Å². The molecule has 0 radical (unpaired) electrons. The van der Waals surface area contributed by atoms with E-state index in [1.165, 1.54) is 12.1 Å². The molecular formula is C22H34ClF2N5O2S2. The van der Waals surface area contributed by atoms with Crippen LogP contribution in [0, 0.1) is 10.9 Å². The number of thiazole rings is 1. The lowest BCUT2D eigenvalue weighted by molar-refractivity contribution is 0.177. The molecule has 0 aliphatic carbocycles. The van der Waals surface area contributed by atoms with E-state index in [9.17, 15) is 18.1 Å². The van der Waals surface area contributed by atoms with Crippen molar-refractivity contribution < 1.29 is 18.1 Å². The van der Waals surface area contributed by atoms with Gasteiger partial charge in [0.2, 0.25) is 0 Å². The molecule has 0 saturated carbocycles. The third-order valence-corrected chi connectivity index (χ3v) is 7.29. The summed E-state index contributed by atoms with van der Waals surface area (Å²) in [6, 6.07) is 2.60. The number of rotatable bonds is 15. The van der Waals surface area contributed by atoms with Crippen LogP contribution in [-0.4, -0.2) is 57.5 Å². The molecule has 12 heteroatoms. The Morgan fingerprint density at radius 1 is 1.09 bits per heavy atom. The summed E-state index contributed by atoms with van der Waals surface area (Å²) >= 11 is 7.05. The molecule has 0 fully saturated rings. The third-order valence-electron chi connectivity index (χ3n) is 5.03. The minimum atomic E-state index is -1.71. The summed E-state index contributed by atoms with van der Waals surface area (Å²) in [6.45, 7) is 10.3. The molecule has 0 amide bonds. The van der Waals surface area contributed by atoms with Crippen molar-refractivity contribution in [3.05, 3.63) is 34.3 Å². The SMILES string of the molecule is CC(C)(CO)NCC(C)(C)NCCCCNc1cc(F)c(S(=O)CNc2ncc(F)s2)cc1Cl. The molecular weight excluding hydrogens is 504 g/mol. The largest absolute Gasteiger partial charge is 0.394 e. The van der Waals surface area contributed by atoms with Crippen LogP contribution in [-0.2, 0) is 10.8 Å². The molecule has 0 bridgehead atoms. The number of aromatic nitrogens is 1. The van der Waals surface area contributed by atoms with Gasteiger partial charge in [-0.1, -0.05) is 22.9 Å². The molecule has 34 heavy (non-hydrogen) atoms. The Morgan fingerprint density at radius 3 is 2.44 bits per heavy atom. The highest BCUT2D eigenvalue weighted by Crippen LogP contribution is 2.28. The van der Waals surface area contributed by atoms with Crippen molar-refractivity contribution in [2.75, 3.05) is 42.8 Å². The van der Waals surface area contributed by atoms with Crippen molar-refractivity contribution in [1.29, 1.82) is 0 Å². The van der Waals surface area contributed by atoms with Crippen LogP contribution >= 0.6 is 22.9 Å². The molecule has 7 nitrogen and oxygen atoms in total. The number of anilines is 2. The lowest BCUT2D eigenvalue weighted by Crippen LogP contribution is -2.54. The molecule has 1 aromatic carbocycles. The average Bonchev–Trinajstić information content (AvgIpc) is 3.20. The minimum absolute atomic E-state index is 0.0236. The maximum Gasteiger partial charge on any atom is 0.198 e. The van der Waals surface area contributed by atoms with Crippen LogP contribution in [0.15, 0.2) is 23.2 Å². The van der Waals surface area contributed by atoms with Crippen LogP contribution in [0.25, 0.3) is 0 Å². The molecule has 1 heterocycles. The van der Waals surface area contributed by atoms with Gasteiger partial charge in [-0.05, 0) is 59.2 Å². The number of aliphatic hydroxyl groups is 1. The van der Waals surface area contributed by atoms with Crippen LogP contribution in [0.4, 0.5) is 19.6 Å². The number of halogens is 3. The zero-order valence-corrected chi connectivity index (χ0v) is 22.3. The van der Waals surface area contributed by atoms with Crippen molar-refractivity contribution in [1.82, 2.24) is 15.6 Å². The molecule has 1 atom stereocenters. The number of aliphatic hydroxyl groups excluding tert-OH is 1. The summed E-state index contributed by atoms with van der Waals surface area (Å²) < 4.78 is 39.9. The molecule has 1 unspecified atom stereocenters. The maximum absolute atomic E-state index is 14.5. The lowest BCUT2D eigenvalue weighted by Gasteiger charge is -2.32. The van der Waals surface area contributed by atoms with Gasteiger partial charge in [-0.2, -0.15) is 4.39 Å². The summed E-state index contributed by atoms with van der Waals surface area (Å²) in [6.07, 6.45) is 2.81. The van der Waals surface area contributed by atoms with Crippen molar-refractivity contribution in [2.45, 2.75) is 56.5 Å². The van der Waals surface area contributed by atoms with E-state index < -0.39 is 21.7 Å². The molecule has 2 rings (SSSR count). The second-order valence-corrected chi connectivity index (χ2v) is 12.0. The van der Waals surface area contributed by atoms with Gasteiger partial charge in [0.05, 0.1) is 45.1 Å². The minimum Gasteiger partial charge on any atom is -0.394 e. The molecule has 0 aliphatic rings. The summed E-state index contributed by atoms with van der Waals surface area (Å²) in [5.41, 5.74) is -0.00414. The number of nitrogens with one attached hydrogen (secondary N) is 4. The van der Waals surface area contributed by atoms with Crippen LogP contribution < -0.4 is 21.3 Å². The second kappa shape index (κ2) is 13.1. The highest BCUT2D eigenvalue weighted by molar-refractivity contribution is 7.85. The van der Waals surface area contributed by atoms with Crippen LogP contribution in [0.5, 0.6) is 0 Å². The Labute approximate surface area is 211 Å². The Bertz CT molecular complexity index is 959. The molecule has 1 aromatic heterocycles. The summed E-state index contributed by atoms with van der Waals surface area (Å²) in [5, 5.41) is 22.1. The standard InChI is InChI=1S/C22H34ClF2N5O2S2/c1-21(2,12-30-22(3,4)13-31)29-8-6-5-7-26-17-10-16(24)18(9-15(17)23)34(32)14-28-20-27-11-19(25)33-20/h9-11,26,29-31H,5-8,12-14H2,1-4H3,(H,27,28). The van der Waals surface area contributed by atoms with E-state index in [2.05, 4.69) is 40.1 Å². The zero-order valence-electron chi connectivity index (χ0n) is 19.9. The first-order chi connectivity index (χ1) is 15.9. The van der Waals surface area contributed by atoms with Gasteiger partial charge in [-0.25, -0.2) is 9.37 Å². The van der Waals surface area contributed by atoms with Crippen LogP contribution in [0.1, 0.15) is 40.5 Å². The van der Waals surface area contributed by atoms with Gasteiger partial charge < -0.3 is 26.4 Å². The van der Waals surface area contributed by atoms with Gasteiger partial charge in [-0.3, -0.25) is 4.21 Å². The third kappa shape index (κ3) is 9.71. The van der Waals surface area contributed by atoms with Crippen molar-refractivity contribution >= 4 is 44.6 Å².